The van der Waals surface area contributed by atoms with Gasteiger partial charge >= 0.3 is 0 Å². The van der Waals surface area contributed by atoms with Gasteiger partial charge in [0.25, 0.3) is 0 Å². The molecular weight excluding hydrogens is 230 g/mol. The van der Waals surface area contributed by atoms with E-state index in [1.165, 1.54) is 0 Å². The van der Waals surface area contributed by atoms with Crippen molar-refractivity contribution in [2.75, 3.05) is 14.1 Å². The van der Waals surface area contributed by atoms with Crippen molar-refractivity contribution >= 4 is 5.91 Å². The van der Waals surface area contributed by atoms with Gasteiger partial charge in [0.05, 0.1) is 6.20 Å². The number of hydrogen-bond donors (Lipinski definition) is 1. The highest BCUT2D eigenvalue weighted by molar-refractivity contribution is 5.75. The van der Waals surface area contributed by atoms with E-state index in [0.717, 1.165) is 25.7 Å². The van der Waals surface area contributed by atoms with E-state index in [1.807, 2.05) is 19.0 Å². The topological polar surface area (TPSA) is 63.1 Å². The molecule has 1 aromatic heterocycles. The highest BCUT2D eigenvalue weighted by atomic mass is 16.2. The number of likely N-dealkylation sites (N-methyl/N-ethyl adjacent to an activating group) is 1. The van der Waals surface area contributed by atoms with E-state index in [-0.39, 0.29) is 12.5 Å². The average Bonchev–Trinajstić information content (AvgIpc) is 2.91. The first kappa shape index (κ1) is 13.0. The van der Waals surface area contributed by atoms with Crippen LogP contribution in [0.1, 0.15) is 25.7 Å². The fourth-order valence-corrected chi connectivity index (χ4v) is 2.52. The van der Waals surface area contributed by atoms with Gasteiger partial charge in [-0.15, -0.1) is 5.10 Å². The lowest BCUT2D eigenvalue weighted by molar-refractivity contribution is -0.133. The Balaban J connectivity index is 1.83. The molecule has 1 N–H and O–H groups in total. The number of carbonyl (C=O) groups excluding carboxylic acids is 1. The van der Waals surface area contributed by atoms with Crippen LogP contribution in [0, 0.1) is 0 Å². The largest absolute Gasteiger partial charge is 0.341 e. The maximum atomic E-state index is 12.1. The number of nitrogens with one attached hydrogen (secondary N) is 1. The molecule has 0 saturated heterocycles. The molecular formula is C12H21N5O. The number of aromatic nitrogens is 3. The van der Waals surface area contributed by atoms with Crippen LogP contribution in [-0.2, 0) is 11.3 Å². The van der Waals surface area contributed by atoms with Gasteiger partial charge in [0.1, 0.15) is 6.54 Å². The minimum Gasteiger partial charge on any atom is -0.341 e. The smallest absolute Gasteiger partial charge is 0.244 e. The molecule has 2 rings (SSSR count). The second kappa shape index (κ2) is 5.95. The Bertz CT molecular complexity index is 370. The summed E-state index contributed by atoms with van der Waals surface area (Å²) in [5, 5.41) is 10.8. The molecule has 18 heavy (non-hydrogen) atoms. The van der Waals surface area contributed by atoms with Gasteiger partial charge in [-0.05, 0) is 32.7 Å². The quantitative estimate of drug-likeness (QED) is 0.834. The van der Waals surface area contributed by atoms with Crippen molar-refractivity contribution in [2.45, 2.75) is 44.3 Å². The molecule has 1 fully saturated rings. The van der Waals surface area contributed by atoms with Crippen molar-refractivity contribution in [3.05, 3.63) is 12.4 Å². The van der Waals surface area contributed by atoms with Crippen LogP contribution in [0.25, 0.3) is 0 Å². The van der Waals surface area contributed by atoms with Crippen LogP contribution >= 0.6 is 0 Å². The zero-order valence-electron chi connectivity index (χ0n) is 11.0. The lowest BCUT2D eigenvalue weighted by atomic mass is 9.90. The molecule has 0 atom stereocenters. The molecule has 1 aromatic rings. The van der Waals surface area contributed by atoms with Crippen molar-refractivity contribution in [3.63, 3.8) is 0 Å². The molecule has 6 heteroatoms. The van der Waals surface area contributed by atoms with E-state index in [0.29, 0.717) is 12.1 Å². The molecule has 0 spiro atoms. The second-order valence-corrected chi connectivity index (χ2v) is 4.90. The number of carbonyl (C=O) groups is 1. The Morgan fingerprint density at radius 3 is 2.72 bits per heavy atom. The van der Waals surface area contributed by atoms with Crippen molar-refractivity contribution in [1.82, 2.24) is 25.2 Å². The van der Waals surface area contributed by atoms with E-state index >= 15 is 0 Å². The van der Waals surface area contributed by atoms with E-state index in [1.54, 1.807) is 17.1 Å². The highest BCUT2D eigenvalue weighted by Crippen LogP contribution is 2.22. The molecule has 1 heterocycles. The molecule has 1 aliphatic rings. The summed E-state index contributed by atoms with van der Waals surface area (Å²) in [5.41, 5.74) is 0. The minimum absolute atomic E-state index is 0.105. The van der Waals surface area contributed by atoms with Gasteiger partial charge in [-0.3, -0.25) is 4.79 Å². The summed E-state index contributed by atoms with van der Waals surface area (Å²) in [7, 11) is 3.90. The molecule has 0 radical (unpaired) electrons. The summed E-state index contributed by atoms with van der Waals surface area (Å²) < 4.78 is 1.57. The van der Waals surface area contributed by atoms with Crippen molar-refractivity contribution in [3.8, 4) is 0 Å². The molecule has 1 aliphatic carbocycles. The summed E-state index contributed by atoms with van der Waals surface area (Å²) in [6, 6.07) is 0.977. The van der Waals surface area contributed by atoms with Crippen LogP contribution in [0.5, 0.6) is 0 Å². The number of amides is 1. The molecule has 0 aromatic carbocycles. The SMILES string of the molecule is CNC1CCC(N(C)C(=O)Cn2ccnn2)CC1. The van der Waals surface area contributed by atoms with E-state index in [2.05, 4.69) is 15.6 Å². The fourth-order valence-electron chi connectivity index (χ4n) is 2.52. The molecule has 0 unspecified atom stereocenters. The number of rotatable bonds is 4. The molecule has 0 aliphatic heterocycles. The molecule has 100 valence electrons. The van der Waals surface area contributed by atoms with Gasteiger partial charge in [-0.1, -0.05) is 5.21 Å². The third kappa shape index (κ3) is 3.07. The van der Waals surface area contributed by atoms with Crippen LogP contribution in [0.15, 0.2) is 12.4 Å². The van der Waals surface area contributed by atoms with Crippen molar-refractivity contribution in [1.29, 1.82) is 0 Å². The van der Waals surface area contributed by atoms with Crippen LogP contribution in [0.2, 0.25) is 0 Å². The number of nitrogens with zero attached hydrogens (tertiary/aromatic N) is 4. The Hall–Kier alpha value is -1.43. The molecule has 6 nitrogen and oxygen atoms in total. The minimum atomic E-state index is 0.105. The fraction of sp³-hybridized carbons (Fsp3) is 0.750. The molecule has 0 bridgehead atoms. The summed E-state index contributed by atoms with van der Waals surface area (Å²) in [6.45, 7) is 0.280. The van der Waals surface area contributed by atoms with Crippen LogP contribution in [0.3, 0.4) is 0 Å². The summed E-state index contributed by atoms with van der Waals surface area (Å²) >= 11 is 0. The molecule has 1 amide bonds. The molecule has 1 saturated carbocycles. The monoisotopic (exact) mass is 251 g/mol. The van der Waals surface area contributed by atoms with Gasteiger partial charge in [0.2, 0.25) is 5.91 Å². The Morgan fingerprint density at radius 2 is 2.17 bits per heavy atom. The number of hydrogen-bond acceptors (Lipinski definition) is 4. The predicted octanol–water partition coefficient (Wildman–Crippen LogP) is 0.267. The first-order chi connectivity index (χ1) is 8.70. The zero-order valence-corrected chi connectivity index (χ0v) is 11.0. The van der Waals surface area contributed by atoms with Crippen molar-refractivity contribution in [2.24, 2.45) is 0 Å². The normalized spacial score (nSPS) is 23.9. The Labute approximate surface area is 107 Å². The third-order valence-corrected chi connectivity index (χ3v) is 3.82. The standard InChI is InChI=1S/C12H21N5O/c1-13-10-3-5-11(6-4-10)16(2)12(18)9-17-8-7-14-15-17/h7-8,10-11,13H,3-6,9H2,1-2H3. The maximum Gasteiger partial charge on any atom is 0.244 e. The van der Waals surface area contributed by atoms with Crippen LogP contribution < -0.4 is 5.32 Å². The van der Waals surface area contributed by atoms with Crippen LogP contribution in [0.4, 0.5) is 0 Å². The van der Waals surface area contributed by atoms with Gasteiger partial charge < -0.3 is 10.2 Å². The van der Waals surface area contributed by atoms with E-state index in [9.17, 15) is 4.79 Å². The predicted molar refractivity (Wildman–Crippen MR) is 67.9 cm³/mol. The average molecular weight is 251 g/mol. The van der Waals surface area contributed by atoms with Gasteiger partial charge in [-0.25, -0.2) is 4.68 Å². The summed E-state index contributed by atoms with van der Waals surface area (Å²) in [4.78, 5) is 14.0. The van der Waals surface area contributed by atoms with Crippen molar-refractivity contribution < 1.29 is 4.79 Å². The van der Waals surface area contributed by atoms with Gasteiger partial charge in [-0.2, -0.15) is 0 Å². The first-order valence-corrected chi connectivity index (χ1v) is 6.47. The Morgan fingerprint density at radius 1 is 1.44 bits per heavy atom. The lowest BCUT2D eigenvalue weighted by Gasteiger charge is -2.34. The maximum absolute atomic E-state index is 12.1. The van der Waals surface area contributed by atoms with E-state index < -0.39 is 0 Å². The second-order valence-electron chi connectivity index (χ2n) is 4.90. The van der Waals surface area contributed by atoms with Crippen LogP contribution in [-0.4, -0.2) is 52.0 Å². The van der Waals surface area contributed by atoms with Gasteiger partial charge in [0, 0.05) is 25.3 Å². The van der Waals surface area contributed by atoms with E-state index in [4.69, 9.17) is 0 Å². The third-order valence-electron chi connectivity index (χ3n) is 3.82. The Kier molecular flexibility index (Phi) is 4.30. The van der Waals surface area contributed by atoms with Gasteiger partial charge in [0.15, 0.2) is 0 Å². The highest BCUT2D eigenvalue weighted by Gasteiger charge is 2.25. The first-order valence-electron chi connectivity index (χ1n) is 6.47. The summed E-state index contributed by atoms with van der Waals surface area (Å²) in [6.07, 6.45) is 7.73. The lowest BCUT2D eigenvalue weighted by Crippen LogP contribution is -2.43. The zero-order chi connectivity index (χ0) is 13.0. The summed E-state index contributed by atoms with van der Waals surface area (Å²) in [5.74, 6) is 0.105.